The van der Waals surface area contributed by atoms with Crippen LogP contribution in [0, 0.1) is 5.92 Å². The van der Waals surface area contributed by atoms with Gasteiger partial charge in [-0.25, -0.2) is 9.98 Å². The van der Waals surface area contributed by atoms with Gasteiger partial charge < -0.3 is 31.3 Å². The summed E-state index contributed by atoms with van der Waals surface area (Å²) in [5.41, 5.74) is 14.6. The van der Waals surface area contributed by atoms with Gasteiger partial charge in [0.1, 0.15) is 17.7 Å². The molecule has 1 saturated heterocycles. The Morgan fingerprint density at radius 1 is 1.35 bits per heavy atom. The van der Waals surface area contributed by atoms with Gasteiger partial charge in [0.2, 0.25) is 12.4 Å². The zero-order valence-electron chi connectivity index (χ0n) is 15.3. The Hall–Kier alpha value is -1.66. The maximum absolute atomic E-state index is 11.4. The molecule has 7 unspecified atom stereocenters. The van der Waals surface area contributed by atoms with Gasteiger partial charge in [-0.3, -0.25) is 10.9 Å². The predicted molar refractivity (Wildman–Crippen MR) is 93.6 cm³/mol. The molecular weight excluding hydrogens is 342 g/mol. The summed E-state index contributed by atoms with van der Waals surface area (Å²) in [6.45, 7) is 5.66. The molecule has 3 aliphatic rings. The molecule has 0 aromatic rings. The van der Waals surface area contributed by atoms with Gasteiger partial charge in [-0.1, -0.05) is 20.3 Å². The van der Waals surface area contributed by atoms with Crippen molar-refractivity contribution in [3.63, 3.8) is 0 Å². The molecule has 3 rings (SSSR count). The van der Waals surface area contributed by atoms with Gasteiger partial charge in [0, 0.05) is 12.5 Å². The number of nitrogens with zero attached hydrogens (tertiary/aromatic N) is 4. The molecule has 0 bridgehead atoms. The van der Waals surface area contributed by atoms with E-state index in [9.17, 15) is 15.4 Å². The SMILES string of the molecule is CCC(C)C1CC(C)(O)C23C(N=C(N)N2O)C(COC(N)O)N=C(N)N13. The largest absolute Gasteiger partial charge is 0.385 e. The van der Waals surface area contributed by atoms with Crippen molar-refractivity contribution in [3.8, 4) is 0 Å². The molecule has 0 aromatic heterocycles. The van der Waals surface area contributed by atoms with Crippen molar-refractivity contribution in [1.29, 1.82) is 0 Å². The maximum Gasteiger partial charge on any atom is 0.218 e. The van der Waals surface area contributed by atoms with Crippen molar-refractivity contribution in [2.45, 2.75) is 69.4 Å². The first-order valence-electron chi connectivity index (χ1n) is 8.80. The van der Waals surface area contributed by atoms with Crippen LogP contribution in [0.15, 0.2) is 9.98 Å². The molecule has 26 heavy (non-hydrogen) atoms. The fourth-order valence-electron chi connectivity index (χ4n) is 4.59. The second-order valence-corrected chi connectivity index (χ2v) is 7.55. The van der Waals surface area contributed by atoms with Crippen LogP contribution in [0.25, 0.3) is 0 Å². The lowest BCUT2D eigenvalue weighted by atomic mass is 9.80. The lowest BCUT2D eigenvalue weighted by molar-refractivity contribution is -0.221. The number of aliphatic imine (C=N–C) groups is 2. The van der Waals surface area contributed by atoms with Gasteiger partial charge in [0.15, 0.2) is 11.6 Å². The molecule has 0 radical (unpaired) electrons. The number of hydroxylamine groups is 2. The van der Waals surface area contributed by atoms with Gasteiger partial charge >= 0.3 is 0 Å². The summed E-state index contributed by atoms with van der Waals surface area (Å²) in [6, 6.07) is -1.58. The van der Waals surface area contributed by atoms with Gasteiger partial charge in [-0.2, -0.15) is 5.06 Å². The van der Waals surface area contributed by atoms with Crippen molar-refractivity contribution in [3.05, 3.63) is 0 Å². The highest BCUT2D eigenvalue weighted by Gasteiger charge is 2.74. The molecule has 0 saturated carbocycles. The monoisotopic (exact) mass is 371 g/mol. The van der Waals surface area contributed by atoms with Crippen molar-refractivity contribution >= 4 is 11.9 Å². The van der Waals surface area contributed by atoms with E-state index in [0.29, 0.717) is 6.42 Å². The van der Waals surface area contributed by atoms with Crippen LogP contribution in [0.2, 0.25) is 0 Å². The van der Waals surface area contributed by atoms with Gasteiger partial charge in [-0.05, 0) is 12.8 Å². The second-order valence-electron chi connectivity index (χ2n) is 7.55. The van der Waals surface area contributed by atoms with Crippen LogP contribution in [0.1, 0.15) is 33.6 Å². The third kappa shape index (κ3) is 2.38. The van der Waals surface area contributed by atoms with Crippen LogP contribution >= 0.6 is 0 Å². The first kappa shape index (κ1) is 19.1. The van der Waals surface area contributed by atoms with Crippen LogP contribution in [-0.2, 0) is 4.74 Å². The lowest BCUT2D eigenvalue weighted by Gasteiger charge is -2.53. The number of ether oxygens (including phenoxy) is 1. The van der Waals surface area contributed by atoms with E-state index in [1.54, 1.807) is 11.8 Å². The predicted octanol–water partition coefficient (Wildman–Crippen LogP) is -2.11. The molecule has 7 atom stereocenters. The van der Waals surface area contributed by atoms with Crippen LogP contribution in [0.4, 0.5) is 0 Å². The summed E-state index contributed by atoms with van der Waals surface area (Å²) >= 11 is 0. The van der Waals surface area contributed by atoms with E-state index in [4.69, 9.17) is 21.9 Å². The molecule has 9 N–H and O–H groups in total. The van der Waals surface area contributed by atoms with E-state index in [2.05, 4.69) is 23.8 Å². The highest BCUT2D eigenvalue weighted by atomic mass is 16.6. The molecular formula is C15H29N7O4. The molecule has 3 heterocycles. The zero-order valence-corrected chi connectivity index (χ0v) is 15.3. The molecule has 148 valence electrons. The number of hydrogen-bond donors (Lipinski definition) is 6. The van der Waals surface area contributed by atoms with Crippen molar-refractivity contribution in [1.82, 2.24) is 9.96 Å². The first-order chi connectivity index (χ1) is 12.1. The number of nitrogens with two attached hydrogens (primary N) is 3. The summed E-state index contributed by atoms with van der Waals surface area (Å²) in [7, 11) is 0. The number of rotatable bonds is 5. The lowest BCUT2D eigenvalue weighted by Crippen LogP contribution is -2.77. The van der Waals surface area contributed by atoms with E-state index in [0.717, 1.165) is 11.5 Å². The summed E-state index contributed by atoms with van der Waals surface area (Å²) in [5, 5.41) is 32.2. The van der Waals surface area contributed by atoms with Gasteiger partial charge in [-0.15, -0.1) is 0 Å². The third-order valence-electron chi connectivity index (χ3n) is 5.97. The van der Waals surface area contributed by atoms with Crippen LogP contribution in [-0.4, -0.2) is 79.7 Å². The van der Waals surface area contributed by atoms with Gasteiger partial charge in [0.25, 0.3) is 0 Å². The van der Waals surface area contributed by atoms with E-state index >= 15 is 0 Å². The molecule has 0 amide bonds. The molecule has 1 fully saturated rings. The minimum absolute atomic E-state index is 0.0900. The zero-order chi connectivity index (χ0) is 19.4. The quantitative estimate of drug-likeness (QED) is 0.295. The second kappa shape index (κ2) is 6.20. The number of aliphatic hydroxyl groups is 2. The average molecular weight is 371 g/mol. The van der Waals surface area contributed by atoms with Crippen molar-refractivity contribution in [2.75, 3.05) is 6.61 Å². The fourth-order valence-corrected chi connectivity index (χ4v) is 4.59. The van der Waals surface area contributed by atoms with E-state index in [1.807, 2.05) is 0 Å². The van der Waals surface area contributed by atoms with Crippen LogP contribution in [0.3, 0.4) is 0 Å². The fraction of sp³-hybridized carbons (Fsp3) is 0.867. The molecule has 11 nitrogen and oxygen atoms in total. The third-order valence-corrected chi connectivity index (χ3v) is 5.97. The van der Waals surface area contributed by atoms with E-state index in [-0.39, 0.29) is 30.5 Å². The minimum Gasteiger partial charge on any atom is -0.385 e. The Balaban J connectivity index is 2.11. The summed E-state index contributed by atoms with van der Waals surface area (Å²) in [6.07, 6.45) is -0.258. The highest BCUT2D eigenvalue weighted by molar-refractivity contribution is 5.87. The van der Waals surface area contributed by atoms with Crippen LogP contribution in [0.5, 0.6) is 0 Å². The first-order valence-corrected chi connectivity index (χ1v) is 8.80. The summed E-state index contributed by atoms with van der Waals surface area (Å²) in [5.74, 6) is 0.214. The minimum atomic E-state index is -1.48. The van der Waals surface area contributed by atoms with Gasteiger partial charge in [0.05, 0.1) is 6.61 Å². The number of hydrogen-bond acceptors (Lipinski definition) is 11. The smallest absolute Gasteiger partial charge is 0.218 e. The highest BCUT2D eigenvalue weighted by Crippen LogP contribution is 2.53. The van der Waals surface area contributed by atoms with E-state index < -0.39 is 29.8 Å². The summed E-state index contributed by atoms with van der Waals surface area (Å²) in [4.78, 5) is 10.5. The Bertz CT molecular complexity index is 625. The summed E-state index contributed by atoms with van der Waals surface area (Å²) < 4.78 is 5.08. The Morgan fingerprint density at radius 3 is 2.58 bits per heavy atom. The van der Waals surface area contributed by atoms with E-state index in [1.165, 1.54) is 0 Å². The number of aliphatic hydroxyl groups excluding tert-OH is 1. The van der Waals surface area contributed by atoms with Crippen molar-refractivity contribution < 1.29 is 20.2 Å². The molecule has 1 spiro atoms. The number of guanidine groups is 2. The Labute approximate surface area is 152 Å². The molecule has 0 aromatic carbocycles. The Morgan fingerprint density at radius 2 is 2.00 bits per heavy atom. The molecule has 0 aliphatic carbocycles. The Kier molecular flexibility index (Phi) is 4.56. The molecule has 3 aliphatic heterocycles. The molecule has 11 heteroatoms. The van der Waals surface area contributed by atoms with Crippen molar-refractivity contribution in [2.24, 2.45) is 33.1 Å². The maximum atomic E-state index is 11.4. The standard InChI is InChI=1S/C15H29N7O4/c1-4-7(2)9-5-14(3,24)15-10(20-12(17)22(15)25)8(6-26-13(18)23)19-11(16)21(9)15/h7-10,13,23-25H,4-6,18H2,1-3H3,(H2,16,19)(H2,17,20). The topological polar surface area (TPSA) is 179 Å². The van der Waals surface area contributed by atoms with Crippen LogP contribution < -0.4 is 17.2 Å². The normalized spacial score (nSPS) is 41.4. The average Bonchev–Trinajstić information content (AvgIpc) is 2.98.